The van der Waals surface area contributed by atoms with Gasteiger partial charge in [0.2, 0.25) is 0 Å². The molecule has 84 valence electrons. The molecule has 0 aromatic carbocycles. The van der Waals surface area contributed by atoms with E-state index >= 15 is 0 Å². The summed E-state index contributed by atoms with van der Waals surface area (Å²) in [7, 11) is -0.842. The van der Waals surface area contributed by atoms with Crippen LogP contribution in [-0.2, 0) is 4.43 Å². The first-order valence-electron chi connectivity index (χ1n) is 6.07. The molecule has 0 aromatic rings. The number of hydrogen-bond donors (Lipinski definition) is 1. The molecule has 0 aliphatic heterocycles. The molecule has 1 fully saturated rings. The summed E-state index contributed by atoms with van der Waals surface area (Å²) in [5.74, 6) is 0. The maximum Gasteiger partial charge on any atom is 0.171 e. The van der Waals surface area contributed by atoms with Crippen LogP contribution in [0.1, 0.15) is 39.0 Å². The highest BCUT2D eigenvalue weighted by molar-refractivity contribution is 6.48. The molecule has 0 radical (unpaired) electrons. The van der Waals surface area contributed by atoms with Crippen LogP contribution >= 0.6 is 0 Å². The molecule has 0 bridgehead atoms. The first-order chi connectivity index (χ1) is 6.68. The molecule has 1 unspecified atom stereocenters. The van der Waals surface area contributed by atoms with Gasteiger partial charge in [-0.1, -0.05) is 19.3 Å². The van der Waals surface area contributed by atoms with E-state index in [0.29, 0.717) is 6.10 Å². The van der Waals surface area contributed by atoms with Crippen molar-refractivity contribution in [2.45, 2.75) is 64.3 Å². The minimum Gasteiger partial charge on any atom is -0.417 e. The second-order valence-electron chi connectivity index (χ2n) is 4.74. The zero-order chi connectivity index (χ0) is 10.4. The van der Waals surface area contributed by atoms with Crippen LogP contribution in [-0.4, -0.2) is 27.7 Å². The van der Waals surface area contributed by atoms with E-state index in [1.807, 2.05) is 0 Å². The minimum absolute atomic E-state index is 0.406. The Labute approximate surface area is 90.1 Å². The maximum absolute atomic E-state index is 5.82. The molecule has 2 nitrogen and oxygen atoms in total. The molecule has 1 N–H and O–H groups in total. The van der Waals surface area contributed by atoms with E-state index in [9.17, 15) is 0 Å². The Balaban J connectivity index is 2.06. The fourth-order valence-corrected chi connectivity index (χ4v) is 3.18. The number of nitrogens with one attached hydrogen (secondary N) is 1. The molecule has 14 heavy (non-hydrogen) atoms. The van der Waals surface area contributed by atoms with Crippen molar-refractivity contribution in [1.29, 1.82) is 0 Å². The lowest BCUT2D eigenvalue weighted by Gasteiger charge is -2.25. The van der Waals surface area contributed by atoms with Crippen LogP contribution in [0.2, 0.25) is 13.1 Å². The third-order valence-corrected chi connectivity index (χ3v) is 3.81. The second kappa shape index (κ2) is 6.59. The molecule has 1 saturated carbocycles. The van der Waals surface area contributed by atoms with Crippen molar-refractivity contribution < 1.29 is 4.43 Å². The normalized spacial score (nSPS) is 21.4. The Kier molecular flexibility index (Phi) is 5.75. The lowest BCUT2D eigenvalue weighted by Crippen LogP contribution is -2.37. The zero-order valence-corrected chi connectivity index (χ0v) is 11.0. The SMILES string of the molecule is CC(CNC1CCCCC1)O[SiH](C)C. The van der Waals surface area contributed by atoms with Crippen molar-refractivity contribution in [3.63, 3.8) is 0 Å². The highest BCUT2D eigenvalue weighted by Gasteiger charge is 2.14. The van der Waals surface area contributed by atoms with Gasteiger partial charge in [0, 0.05) is 12.6 Å². The van der Waals surface area contributed by atoms with Crippen molar-refractivity contribution >= 4 is 9.04 Å². The Morgan fingerprint density at radius 1 is 1.29 bits per heavy atom. The van der Waals surface area contributed by atoms with Crippen LogP contribution in [0.4, 0.5) is 0 Å². The summed E-state index contributed by atoms with van der Waals surface area (Å²) < 4.78 is 5.82. The average molecular weight is 215 g/mol. The van der Waals surface area contributed by atoms with Gasteiger partial charge in [0.1, 0.15) is 0 Å². The van der Waals surface area contributed by atoms with Gasteiger partial charge in [0.15, 0.2) is 9.04 Å². The van der Waals surface area contributed by atoms with Crippen molar-refractivity contribution in [1.82, 2.24) is 5.32 Å². The monoisotopic (exact) mass is 215 g/mol. The van der Waals surface area contributed by atoms with Gasteiger partial charge >= 0.3 is 0 Å². The maximum atomic E-state index is 5.82. The lowest BCUT2D eigenvalue weighted by atomic mass is 9.95. The quantitative estimate of drug-likeness (QED) is 0.711. The van der Waals surface area contributed by atoms with E-state index in [0.717, 1.165) is 12.6 Å². The minimum atomic E-state index is -0.842. The standard InChI is InChI=1S/C11H25NOSi/c1-10(13-14(2)3)9-12-11-7-5-4-6-8-11/h10-12,14H,4-9H2,1-3H3. The molecule has 0 saturated heterocycles. The molecule has 0 spiro atoms. The van der Waals surface area contributed by atoms with Gasteiger partial charge < -0.3 is 9.74 Å². The van der Waals surface area contributed by atoms with Crippen LogP contribution in [0.5, 0.6) is 0 Å². The molecule has 0 heterocycles. The van der Waals surface area contributed by atoms with Crippen LogP contribution < -0.4 is 5.32 Å². The smallest absolute Gasteiger partial charge is 0.171 e. The first-order valence-corrected chi connectivity index (χ1v) is 8.85. The molecular formula is C11H25NOSi. The van der Waals surface area contributed by atoms with E-state index in [1.165, 1.54) is 32.1 Å². The van der Waals surface area contributed by atoms with E-state index in [4.69, 9.17) is 4.43 Å². The first kappa shape index (κ1) is 12.2. The van der Waals surface area contributed by atoms with Crippen molar-refractivity contribution in [3.8, 4) is 0 Å². The summed E-state index contributed by atoms with van der Waals surface area (Å²) in [4.78, 5) is 0. The van der Waals surface area contributed by atoms with Crippen molar-refractivity contribution in [2.75, 3.05) is 6.54 Å². The summed E-state index contributed by atoms with van der Waals surface area (Å²) in [5, 5.41) is 3.62. The highest BCUT2D eigenvalue weighted by atomic mass is 28.3. The zero-order valence-electron chi connectivity index (χ0n) is 9.88. The summed E-state index contributed by atoms with van der Waals surface area (Å²) >= 11 is 0. The third-order valence-electron chi connectivity index (χ3n) is 2.80. The number of hydrogen-bond acceptors (Lipinski definition) is 2. The van der Waals surface area contributed by atoms with E-state index in [1.54, 1.807) is 0 Å². The molecule has 0 aromatic heterocycles. The van der Waals surface area contributed by atoms with Crippen molar-refractivity contribution in [2.24, 2.45) is 0 Å². The van der Waals surface area contributed by atoms with E-state index in [-0.39, 0.29) is 0 Å². The lowest BCUT2D eigenvalue weighted by molar-refractivity contribution is 0.208. The molecule has 1 atom stereocenters. The van der Waals surface area contributed by atoms with Crippen molar-refractivity contribution in [3.05, 3.63) is 0 Å². The topological polar surface area (TPSA) is 21.3 Å². The largest absolute Gasteiger partial charge is 0.417 e. The highest BCUT2D eigenvalue weighted by Crippen LogP contribution is 2.17. The van der Waals surface area contributed by atoms with E-state index in [2.05, 4.69) is 25.3 Å². The molecule has 1 aliphatic carbocycles. The van der Waals surface area contributed by atoms with Gasteiger partial charge in [-0.25, -0.2) is 0 Å². The summed E-state index contributed by atoms with van der Waals surface area (Å²) in [6.07, 6.45) is 7.39. The van der Waals surface area contributed by atoms with Crippen LogP contribution in [0, 0.1) is 0 Å². The van der Waals surface area contributed by atoms with Gasteiger partial charge in [-0.15, -0.1) is 0 Å². The molecule has 1 aliphatic rings. The Morgan fingerprint density at radius 2 is 1.93 bits per heavy atom. The fourth-order valence-electron chi connectivity index (χ4n) is 2.15. The van der Waals surface area contributed by atoms with Crippen LogP contribution in [0.25, 0.3) is 0 Å². The molecule has 0 amide bonds. The summed E-state index contributed by atoms with van der Waals surface area (Å²) in [5.41, 5.74) is 0. The van der Waals surface area contributed by atoms with Crippen LogP contribution in [0.3, 0.4) is 0 Å². The van der Waals surface area contributed by atoms with Crippen LogP contribution in [0.15, 0.2) is 0 Å². The fraction of sp³-hybridized carbons (Fsp3) is 1.00. The Morgan fingerprint density at radius 3 is 2.50 bits per heavy atom. The molecular weight excluding hydrogens is 190 g/mol. The Hall–Kier alpha value is 0.137. The third kappa shape index (κ3) is 5.13. The predicted octanol–water partition coefficient (Wildman–Crippen LogP) is 2.30. The van der Waals surface area contributed by atoms with Gasteiger partial charge in [0.05, 0.1) is 6.10 Å². The summed E-state index contributed by atoms with van der Waals surface area (Å²) in [6.45, 7) is 7.69. The van der Waals surface area contributed by atoms with Gasteiger partial charge in [-0.2, -0.15) is 0 Å². The van der Waals surface area contributed by atoms with Gasteiger partial charge in [-0.05, 0) is 32.9 Å². The molecule has 1 rings (SSSR count). The van der Waals surface area contributed by atoms with Gasteiger partial charge in [-0.3, -0.25) is 0 Å². The predicted molar refractivity (Wildman–Crippen MR) is 64.3 cm³/mol. The van der Waals surface area contributed by atoms with Gasteiger partial charge in [0.25, 0.3) is 0 Å². The second-order valence-corrected chi connectivity index (χ2v) is 7.11. The molecule has 3 heteroatoms. The number of rotatable bonds is 5. The Bertz CT molecular complexity index is 146. The summed E-state index contributed by atoms with van der Waals surface area (Å²) in [6, 6.07) is 0.767. The average Bonchev–Trinajstić information content (AvgIpc) is 2.15. The van der Waals surface area contributed by atoms with E-state index < -0.39 is 9.04 Å².